The van der Waals surface area contributed by atoms with Gasteiger partial charge in [-0.1, -0.05) is 39.7 Å². The maximum atomic E-state index is 11.4. The van der Waals surface area contributed by atoms with Crippen LogP contribution in [0.15, 0.2) is 46.9 Å². The molecule has 0 atom stereocenters. The molecule has 1 N–H and O–H groups in total. The summed E-state index contributed by atoms with van der Waals surface area (Å²) in [5, 5.41) is 1.81. The van der Waals surface area contributed by atoms with E-state index in [2.05, 4.69) is 33.0 Å². The van der Waals surface area contributed by atoms with Crippen molar-refractivity contribution in [2.75, 3.05) is 7.11 Å². The Morgan fingerprint density at radius 1 is 1.21 bits per heavy atom. The zero-order valence-electron chi connectivity index (χ0n) is 13.2. The second-order valence-corrected chi connectivity index (χ2v) is 6.96. The highest BCUT2D eigenvalue weighted by Gasteiger charge is 2.14. The summed E-state index contributed by atoms with van der Waals surface area (Å²) in [6, 6.07) is 14.0. The Morgan fingerprint density at radius 2 is 1.96 bits per heavy atom. The molecule has 3 nitrogen and oxygen atoms in total. The Kier molecular flexibility index (Phi) is 5.27. The van der Waals surface area contributed by atoms with Crippen LogP contribution in [0.25, 0.3) is 22.2 Å². The van der Waals surface area contributed by atoms with Crippen molar-refractivity contribution in [1.82, 2.24) is 4.98 Å². The fraction of sp³-hybridized carbons (Fsp3) is 0.211. The smallest absolute Gasteiger partial charge is 0.305 e. The van der Waals surface area contributed by atoms with Crippen LogP contribution < -0.4 is 0 Å². The second-order valence-electron chi connectivity index (χ2n) is 5.61. The van der Waals surface area contributed by atoms with Gasteiger partial charge in [0.1, 0.15) is 0 Å². The minimum Gasteiger partial charge on any atom is -0.469 e. The number of aromatic amines is 1. The van der Waals surface area contributed by atoms with E-state index >= 15 is 0 Å². The van der Waals surface area contributed by atoms with E-state index < -0.39 is 0 Å². The number of hydrogen-bond donors (Lipinski definition) is 1. The number of carbonyl (C=O) groups is 1. The molecule has 0 aliphatic heterocycles. The Labute approximate surface area is 154 Å². The number of carbonyl (C=O) groups excluding carboxylic acids is 1. The van der Waals surface area contributed by atoms with E-state index in [0.29, 0.717) is 11.4 Å². The summed E-state index contributed by atoms with van der Waals surface area (Å²) in [7, 11) is 1.42. The lowest BCUT2D eigenvalue weighted by Gasteiger charge is -2.06. The molecule has 2 aromatic carbocycles. The van der Waals surface area contributed by atoms with Gasteiger partial charge in [-0.05, 0) is 54.3 Å². The summed E-state index contributed by atoms with van der Waals surface area (Å²) in [6.45, 7) is 0. The molecule has 5 heteroatoms. The van der Waals surface area contributed by atoms with Gasteiger partial charge in [0.15, 0.2) is 0 Å². The van der Waals surface area contributed by atoms with Gasteiger partial charge in [-0.3, -0.25) is 4.79 Å². The van der Waals surface area contributed by atoms with Crippen molar-refractivity contribution >= 4 is 44.4 Å². The molecule has 0 bridgehead atoms. The van der Waals surface area contributed by atoms with Gasteiger partial charge in [0.2, 0.25) is 0 Å². The average molecular weight is 407 g/mol. The first kappa shape index (κ1) is 17.1. The number of benzene rings is 2. The molecule has 0 amide bonds. The second kappa shape index (κ2) is 7.41. The first-order valence-corrected chi connectivity index (χ1v) is 8.88. The van der Waals surface area contributed by atoms with E-state index in [1.165, 1.54) is 12.7 Å². The summed E-state index contributed by atoms with van der Waals surface area (Å²) in [5.74, 6) is -0.182. The predicted octanol–water partition coefficient (Wildman–Crippen LogP) is 5.75. The Balaban J connectivity index is 2.01. The lowest BCUT2D eigenvalue weighted by Crippen LogP contribution is -2.00. The number of rotatable bonds is 5. The zero-order chi connectivity index (χ0) is 17.1. The monoisotopic (exact) mass is 405 g/mol. The summed E-state index contributed by atoms with van der Waals surface area (Å²) in [6.07, 6.45) is 1.92. The van der Waals surface area contributed by atoms with Crippen LogP contribution in [0.5, 0.6) is 0 Å². The van der Waals surface area contributed by atoms with Crippen molar-refractivity contribution in [2.24, 2.45) is 0 Å². The van der Waals surface area contributed by atoms with E-state index in [1.54, 1.807) is 0 Å². The Morgan fingerprint density at radius 3 is 2.67 bits per heavy atom. The maximum absolute atomic E-state index is 11.4. The minimum atomic E-state index is -0.182. The van der Waals surface area contributed by atoms with E-state index in [4.69, 9.17) is 16.3 Å². The lowest BCUT2D eigenvalue weighted by atomic mass is 10.0. The number of methoxy groups -OCH3 is 1. The summed E-state index contributed by atoms with van der Waals surface area (Å²) in [5.41, 5.74) is 4.41. The molecule has 0 saturated carbocycles. The fourth-order valence-corrected chi connectivity index (χ4v) is 3.29. The molecule has 1 aromatic heterocycles. The van der Waals surface area contributed by atoms with Gasteiger partial charge in [-0.15, -0.1) is 0 Å². The number of aromatic nitrogens is 1. The first-order valence-electron chi connectivity index (χ1n) is 7.71. The van der Waals surface area contributed by atoms with E-state index in [1.807, 2.05) is 30.3 Å². The quantitative estimate of drug-likeness (QED) is 0.548. The molecule has 3 rings (SSSR count). The molecule has 0 fully saturated rings. The van der Waals surface area contributed by atoms with Crippen LogP contribution >= 0.6 is 27.5 Å². The molecule has 3 aromatic rings. The van der Waals surface area contributed by atoms with Gasteiger partial charge >= 0.3 is 5.97 Å². The molecule has 0 radical (unpaired) electrons. The minimum absolute atomic E-state index is 0.182. The topological polar surface area (TPSA) is 42.1 Å². The number of esters is 1. The van der Waals surface area contributed by atoms with Crippen LogP contribution in [0.3, 0.4) is 0 Å². The van der Waals surface area contributed by atoms with Crippen LogP contribution in [-0.4, -0.2) is 18.1 Å². The van der Waals surface area contributed by atoms with Gasteiger partial charge in [0.25, 0.3) is 0 Å². The third kappa shape index (κ3) is 3.65. The highest BCUT2D eigenvalue weighted by molar-refractivity contribution is 9.10. The van der Waals surface area contributed by atoms with Crippen LogP contribution in [0.4, 0.5) is 0 Å². The molecule has 0 aliphatic rings. The molecule has 0 unspecified atom stereocenters. The van der Waals surface area contributed by atoms with Crippen molar-refractivity contribution in [3.8, 4) is 11.3 Å². The molecule has 0 spiro atoms. The van der Waals surface area contributed by atoms with Crippen LogP contribution in [-0.2, 0) is 16.0 Å². The molecular formula is C19H17BrClNO2. The SMILES string of the molecule is COC(=O)CCCc1c(-c2ccc(Br)cc2)[nH]c2ccc(Cl)cc12. The highest BCUT2D eigenvalue weighted by Crippen LogP contribution is 2.33. The molecule has 0 aliphatic carbocycles. The summed E-state index contributed by atoms with van der Waals surface area (Å²) < 4.78 is 5.77. The number of ether oxygens (including phenoxy) is 1. The normalized spacial score (nSPS) is 11.0. The van der Waals surface area contributed by atoms with Crippen molar-refractivity contribution in [3.05, 3.63) is 57.5 Å². The number of fused-ring (bicyclic) bond motifs is 1. The number of nitrogens with one attached hydrogen (secondary N) is 1. The number of aryl methyl sites for hydroxylation is 1. The van der Waals surface area contributed by atoms with Gasteiger partial charge in [0, 0.05) is 32.5 Å². The van der Waals surface area contributed by atoms with Crippen LogP contribution in [0.2, 0.25) is 5.02 Å². The van der Waals surface area contributed by atoms with E-state index in [9.17, 15) is 4.79 Å². The first-order chi connectivity index (χ1) is 11.6. The van der Waals surface area contributed by atoms with Crippen molar-refractivity contribution in [3.63, 3.8) is 0 Å². The Bertz CT molecular complexity index is 871. The van der Waals surface area contributed by atoms with E-state index in [-0.39, 0.29) is 5.97 Å². The van der Waals surface area contributed by atoms with Crippen molar-refractivity contribution < 1.29 is 9.53 Å². The molecule has 0 saturated heterocycles. The lowest BCUT2D eigenvalue weighted by molar-refractivity contribution is -0.140. The maximum Gasteiger partial charge on any atom is 0.305 e. The molecule has 24 heavy (non-hydrogen) atoms. The summed E-state index contributed by atoms with van der Waals surface area (Å²) >= 11 is 9.65. The van der Waals surface area contributed by atoms with Crippen LogP contribution in [0, 0.1) is 0 Å². The fourth-order valence-electron chi connectivity index (χ4n) is 2.85. The van der Waals surface area contributed by atoms with E-state index in [0.717, 1.165) is 39.5 Å². The van der Waals surface area contributed by atoms with Crippen LogP contribution in [0.1, 0.15) is 18.4 Å². The van der Waals surface area contributed by atoms with Gasteiger partial charge in [-0.2, -0.15) is 0 Å². The van der Waals surface area contributed by atoms with Gasteiger partial charge in [0.05, 0.1) is 7.11 Å². The number of H-pyrrole nitrogens is 1. The highest BCUT2D eigenvalue weighted by atomic mass is 79.9. The summed E-state index contributed by atoms with van der Waals surface area (Å²) in [4.78, 5) is 14.9. The van der Waals surface area contributed by atoms with Gasteiger partial charge in [-0.25, -0.2) is 0 Å². The van der Waals surface area contributed by atoms with Crippen molar-refractivity contribution in [1.29, 1.82) is 0 Å². The third-order valence-electron chi connectivity index (χ3n) is 4.04. The standard InChI is InChI=1S/C19H17BrClNO2/c1-24-18(23)4-2-3-15-16-11-14(21)9-10-17(16)22-19(15)12-5-7-13(20)8-6-12/h5-11,22H,2-4H2,1H3. The largest absolute Gasteiger partial charge is 0.469 e. The molecular weight excluding hydrogens is 390 g/mol. The predicted molar refractivity (Wildman–Crippen MR) is 101 cm³/mol. The zero-order valence-corrected chi connectivity index (χ0v) is 15.6. The third-order valence-corrected chi connectivity index (χ3v) is 4.80. The average Bonchev–Trinajstić information content (AvgIpc) is 2.93. The number of halogens is 2. The molecule has 1 heterocycles. The Hall–Kier alpha value is -1.78. The number of hydrogen-bond acceptors (Lipinski definition) is 2. The van der Waals surface area contributed by atoms with Gasteiger partial charge < -0.3 is 9.72 Å². The van der Waals surface area contributed by atoms with Crippen molar-refractivity contribution in [2.45, 2.75) is 19.3 Å². The molecule has 124 valence electrons.